The van der Waals surface area contributed by atoms with Crippen LogP contribution >= 0.6 is 23.2 Å². The maximum absolute atomic E-state index is 13.1. The molecule has 0 radical (unpaired) electrons. The van der Waals surface area contributed by atoms with Crippen molar-refractivity contribution in [2.75, 3.05) is 0 Å². The highest BCUT2D eigenvalue weighted by Crippen LogP contribution is 2.34. The Morgan fingerprint density at radius 3 is 1.44 bits per heavy atom. The first-order valence-corrected chi connectivity index (χ1v) is 5.56. The summed E-state index contributed by atoms with van der Waals surface area (Å²) < 4.78 is 26.3. The lowest BCUT2D eigenvalue weighted by molar-refractivity contribution is 0.460. The number of rotatable bonds is 2. The molecule has 0 saturated heterocycles. The third-order valence-electron chi connectivity index (χ3n) is 2.46. The minimum atomic E-state index is -1.60. The van der Waals surface area contributed by atoms with Crippen LogP contribution in [-0.2, 0) is 0 Å². The molecule has 2 unspecified atom stereocenters. The topological polar surface area (TPSA) is 0 Å². The predicted molar refractivity (Wildman–Crippen MR) is 63.4 cm³/mol. The molecule has 0 saturated carbocycles. The lowest BCUT2D eigenvalue weighted by Gasteiger charge is -2.10. The van der Waals surface area contributed by atoms with Gasteiger partial charge in [0.1, 0.15) is 0 Å². The van der Waals surface area contributed by atoms with Crippen molar-refractivity contribution < 1.29 is 8.78 Å². The first-order chi connectivity index (χ1) is 7.61. The fourth-order valence-corrected chi connectivity index (χ4v) is 2.12. The van der Waals surface area contributed by atoms with E-state index in [-0.39, 0.29) is 0 Å². The van der Waals surface area contributed by atoms with Crippen LogP contribution in [0, 0.1) is 0 Å². The first kappa shape index (κ1) is 11.6. The lowest BCUT2D eigenvalue weighted by atomic mass is 10.0. The molecular weight excluding hydrogens is 253 g/mol. The summed E-state index contributed by atoms with van der Waals surface area (Å²) >= 11 is 10.8. The molecule has 0 aliphatic heterocycles. The molecule has 0 spiro atoms. The standard InChI is InChI=1S/C12H8Cl2F2/c13-11(15)9-5-1-3-7-8(9)4-2-6-10(7)12(14)16/h1-6,11-12H. The highest BCUT2D eigenvalue weighted by molar-refractivity contribution is 6.22. The number of hydrogen-bond acceptors (Lipinski definition) is 0. The Labute approximate surface area is 102 Å². The van der Waals surface area contributed by atoms with Crippen molar-refractivity contribution in [1.29, 1.82) is 0 Å². The fourth-order valence-electron chi connectivity index (χ4n) is 1.74. The number of halogens is 4. The summed E-state index contributed by atoms with van der Waals surface area (Å²) in [4.78, 5) is 0. The van der Waals surface area contributed by atoms with E-state index in [1.165, 1.54) is 0 Å². The van der Waals surface area contributed by atoms with E-state index in [2.05, 4.69) is 0 Å². The van der Waals surface area contributed by atoms with Crippen LogP contribution in [0.25, 0.3) is 10.8 Å². The molecule has 84 valence electrons. The molecule has 0 bridgehead atoms. The second kappa shape index (κ2) is 4.56. The number of alkyl halides is 4. The van der Waals surface area contributed by atoms with Crippen LogP contribution in [0.3, 0.4) is 0 Å². The average molecular weight is 261 g/mol. The molecule has 0 N–H and O–H groups in total. The molecule has 4 heteroatoms. The number of hydrogen-bond donors (Lipinski definition) is 0. The molecule has 0 amide bonds. The number of fused-ring (bicyclic) bond motifs is 1. The number of benzene rings is 2. The van der Waals surface area contributed by atoms with Gasteiger partial charge in [-0.15, -0.1) is 0 Å². The molecule has 0 aliphatic rings. The van der Waals surface area contributed by atoms with Gasteiger partial charge < -0.3 is 0 Å². The van der Waals surface area contributed by atoms with Gasteiger partial charge in [-0.2, -0.15) is 0 Å². The zero-order valence-corrected chi connectivity index (χ0v) is 9.64. The molecule has 0 aromatic heterocycles. The van der Waals surface area contributed by atoms with Crippen LogP contribution in [-0.4, -0.2) is 0 Å². The second-order valence-electron chi connectivity index (χ2n) is 3.39. The quantitative estimate of drug-likeness (QED) is 0.647. The van der Waals surface area contributed by atoms with E-state index < -0.39 is 11.3 Å². The van der Waals surface area contributed by atoms with Crippen LogP contribution in [0.4, 0.5) is 8.78 Å². The van der Waals surface area contributed by atoms with Gasteiger partial charge in [0.15, 0.2) is 11.3 Å². The van der Waals surface area contributed by atoms with E-state index in [1.54, 1.807) is 36.4 Å². The summed E-state index contributed by atoms with van der Waals surface area (Å²) in [5.74, 6) is 0. The Balaban J connectivity index is 2.76. The maximum Gasteiger partial charge on any atom is 0.199 e. The van der Waals surface area contributed by atoms with Gasteiger partial charge in [-0.25, -0.2) is 8.78 Å². The Hall–Kier alpha value is -0.860. The Morgan fingerprint density at radius 2 is 1.12 bits per heavy atom. The van der Waals surface area contributed by atoms with Crippen molar-refractivity contribution in [3.63, 3.8) is 0 Å². The molecule has 0 fully saturated rings. The third kappa shape index (κ3) is 2.00. The Morgan fingerprint density at radius 1 is 0.750 bits per heavy atom. The van der Waals surface area contributed by atoms with Crippen molar-refractivity contribution in [3.8, 4) is 0 Å². The van der Waals surface area contributed by atoms with E-state index in [1.807, 2.05) is 0 Å². The highest BCUT2D eigenvalue weighted by atomic mass is 35.5. The van der Waals surface area contributed by atoms with Gasteiger partial charge in [-0.3, -0.25) is 0 Å². The van der Waals surface area contributed by atoms with Gasteiger partial charge in [0.25, 0.3) is 0 Å². The van der Waals surface area contributed by atoms with Crippen molar-refractivity contribution in [3.05, 3.63) is 47.5 Å². The van der Waals surface area contributed by atoms with E-state index in [4.69, 9.17) is 23.2 Å². The molecule has 2 atom stereocenters. The highest BCUT2D eigenvalue weighted by Gasteiger charge is 2.14. The van der Waals surface area contributed by atoms with E-state index >= 15 is 0 Å². The Bertz CT molecular complexity index is 462. The summed E-state index contributed by atoms with van der Waals surface area (Å²) in [7, 11) is 0. The smallest absolute Gasteiger partial charge is 0.199 e. The van der Waals surface area contributed by atoms with Gasteiger partial charge >= 0.3 is 0 Å². The van der Waals surface area contributed by atoms with Crippen LogP contribution in [0.15, 0.2) is 36.4 Å². The molecule has 0 nitrogen and oxygen atoms in total. The largest absolute Gasteiger partial charge is 0.225 e. The minimum absolute atomic E-state index is 0.332. The molecule has 2 aromatic carbocycles. The maximum atomic E-state index is 13.1. The summed E-state index contributed by atoms with van der Waals surface area (Å²) in [6.45, 7) is 0. The van der Waals surface area contributed by atoms with Crippen LogP contribution < -0.4 is 0 Å². The molecule has 2 rings (SSSR count). The van der Waals surface area contributed by atoms with Crippen molar-refractivity contribution >= 4 is 34.0 Å². The summed E-state index contributed by atoms with van der Waals surface area (Å²) in [5, 5.41) is 1.18. The summed E-state index contributed by atoms with van der Waals surface area (Å²) in [6.07, 6.45) is 0. The molecular formula is C12H8Cl2F2. The van der Waals surface area contributed by atoms with Gasteiger partial charge in [0, 0.05) is 11.1 Å². The van der Waals surface area contributed by atoms with Crippen LogP contribution in [0.1, 0.15) is 22.4 Å². The summed E-state index contributed by atoms with van der Waals surface area (Å²) in [5.41, 5.74) is -2.55. The van der Waals surface area contributed by atoms with Crippen molar-refractivity contribution in [2.45, 2.75) is 11.3 Å². The zero-order valence-electron chi connectivity index (χ0n) is 8.13. The van der Waals surface area contributed by atoms with Crippen molar-refractivity contribution in [2.24, 2.45) is 0 Å². The molecule has 16 heavy (non-hydrogen) atoms. The minimum Gasteiger partial charge on any atom is -0.225 e. The normalized spacial score (nSPS) is 15.0. The van der Waals surface area contributed by atoms with Gasteiger partial charge in [0.2, 0.25) is 0 Å². The molecule has 0 heterocycles. The monoisotopic (exact) mass is 260 g/mol. The van der Waals surface area contributed by atoms with Crippen molar-refractivity contribution in [1.82, 2.24) is 0 Å². The van der Waals surface area contributed by atoms with Gasteiger partial charge in [-0.1, -0.05) is 59.6 Å². The average Bonchev–Trinajstić information content (AvgIpc) is 2.27. The summed E-state index contributed by atoms with van der Waals surface area (Å²) in [6, 6.07) is 9.81. The van der Waals surface area contributed by atoms with E-state index in [0.29, 0.717) is 21.9 Å². The predicted octanol–water partition coefficient (Wildman–Crippen LogP) is 5.25. The zero-order chi connectivity index (χ0) is 11.7. The Kier molecular flexibility index (Phi) is 3.31. The SMILES string of the molecule is FC(Cl)c1cccc2c(C(F)Cl)cccc12. The van der Waals surface area contributed by atoms with Gasteiger partial charge in [0.05, 0.1) is 0 Å². The third-order valence-corrected chi connectivity index (χ3v) is 2.93. The van der Waals surface area contributed by atoms with E-state index in [0.717, 1.165) is 0 Å². The second-order valence-corrected chi connectivity index (χ2v) is 4.16. The lowest BCUT2D eigenvalue weighted by Crippen LogP contribution is -1.90. The van der Waals surface area contributed by atoms with Crippen LogP contribution in [0.2, 0.25) is 0 Å². The first-order valence-electron chi connectivity index (χ1n) is 4.69. The molecule has 2 aromatic rings. The van der Waals surface area contributed by atoms with E-state index in [9.17, 15) is 8.78 Å². The van der Waals surface area contributed by atoms with Gasteiger partial charge in [-0.05, 0) is 10.8 Å². The van der Waals surface area contributed by atoms with Crippen LogP contribution in [0.5, 0.6) is 0 Å². The molecule has 0 aliphatic carbocycles. The fraction of sp³-hybridized carbons (Fsp3) is 0.167.